The third kappa shape index (κ3) is 3.58. The smallest absolute Gasteiger partial charge is 0.228 e. The third-order valence-electron chi connectivity index (χ3n) is 4.34. The Kier molecular flexibility index (Phi) is 5.63. The van der Waals surface area contributed by atoms with E-state index in [1.165, 1.54) is 10.7 Å². The van der Waals surface area contributed by atoms with Gasteiger partial charge in [-0.05, 0) is 18.8 Å². The number of piperidine rings is 1. The van der Waals surface area contributed by atoms with Crippen LogP contribution < -0.4 is 5.32 Å². The fourth-order valence-corrected chi connectivity index (χ4v) is 3.96. The average molecular weight is 330 g/mol. The zero-order valence-electron chi connectivity index (χ0n) is 12.7. The first-order chi connectivity index (χ1) is 9.65. The van der Waals surface area contributed by atoms with Gasteiger partial charge in [0.25, 0.3) is 0 Å². The summed E-state index contributed by atoms with van der Waals surface area (Å²) in [4.78, 5) is 19.2. The lowest BCUT2D eigenvalue weighted by Gasteiger charge is -2.37. The van der Waals surface area contributed by atoms with Gasteiger partial charge in [0.15, 0.2) is 0 Å². The molecule has 6 heteroatoms. The number of aromatic nitrogens is 1. The number of rotatable bonds is 3. The van der Waals surface area contributed by atoms with E-state index >= 15 is 0 Å². The van der Waals surface area contributed by atoms with Gasteiger partial charge in [-0.25, -0.2) is 4.98 Å². The lowest BCUT2D eigenvalue weighted by Crippen LogP contribution is -2.53. The fourth-order valence-electron chi connectivity index (χ4n) is 2.85. The van der Waals surface area contributed by atoms with Crippen molar-refractivity contribution in [3.8, 4) is 0 Å². The van der Waals surface area contributed by atoms with Gasteiger partial charge >= 0.3 is 0 Å². The summed E-state index contributed by atoms with van der Waals surface area (Å²) in [7, 11) is 0. The number of hydrogen-bond donors (Lipinski definition) is 1. The van der Waals surface area contributed by atoms with Crippen molar-refractivity contribution in [2.45, 2.75) is 38.5 Å². The van der Waals surface area contributed by atoms with Crippen LogP contribution in [0.15, 0.2) is 5.38 Å². The number of carbonyl (C=O) groups excluding carboxylic acids is 1. The Morgan fingerprint density at radius 1 is 1.48 bits per heavy atom. The van der Waals surface area contributed by atoms with E-state index in [1.54, 1.807) is 11.3 Å². The summed E-state index contributed by atoms with van der Waals surface area (Å²) in [5.41, 5.74) is 1.19. The molecule has 118 valence electrons. The van der Waals surface area contributed by atoms with Crippen LogP contribution in [0.25, 0.3) is 0 Å². The largest absolute Gasteiger partial charge is 0.342 e. The highest BCUT2D eigenvalue weighted by Gasteiger charge is 2.33. The Bertz CT molecular complexity index is 487. The second-order valence-corrected chi connectivity index (χ2v) is 7.13. The highest BCUT2D eigenvalue weighted by molar-refractivity contribution is 7.09. The number of halogens is 1. The van der Waals surface area contributed by atoms with Gasteiger partial charge in [0.1, 0.15) is 0 Å². The Hall–Kier alpha value is -0.650. The molecule has 1 unspecified atom stereocenters. The summed E-state index contributed by atoms with van der Waals surface area (Å²) in [6.07, 6.45) is 2.27. The molecule has 2 saturated heterocycles. The van der Waals surface area contributed by atoms with E-state index in [1.807, 2.05) is 0 Å². The van der Waals surface area contributed by atoms with E-state index in [0.717, 1.165) is 39.0 Å². The van der Waals surface area contributed by atoms with Crippen LogP contribution in [0.3, 0.4) is 0 Å². The summed E-state index contributed by atoms with van der Waals surface area (Å²) in [6.45, 7) is 7.86. The van der Waals surface area contributed by atoms with Crippen LogP contribution in [0.2, 0.25) is 0 Å². The first-order valence-corrected chi connectivity index (χ1v) is 8.48. The molecule has 1 aromatic rings. The van der Waals surface area contributed by atoms with Crippen molar-refractivity contribution in [1.29, 1.82) is 0 Å². The minimum absolute atomic E-state index is 0. The number of likely N-dealkylation sites (tertiary alicyclic amines) is 1. The number of amides is 1. The molecule has 1 N–H and O–H groups in total. The van der Waals surface area contributed by atoms with E-state index in [0.29, 0.717) is 17.7 Å². The lowest BCUT2D eigenvalue weighted by atomic mass is 9.95. The van der Waals surface area contributed by atoms with Gasteiger partial charge in [0.2, 0.25) is 5.91 Å². The van der Waals surface area contributed by atoms with Gasteiger partial charge in [-0.3, -0.25) is 4.79 Å². The number of nitrogens with one attached hydrogen (secondary N) is 1. The van der Waals surface area contributed by atoms with Gasteiger partial charge in [0.05, 0.1) is 16.6 Å². The number of nitrogens with zero attached hydrogens (tertiary/aromatic N) is 2. The Labute approximate surface area is 136 Å². The molecule has 0 bridgehead atoms. The van der Waals surface area contributed by atoms with Crippen molar-refractivity contribution in [2.24, 2.45) is 5.92 Å². The standard InChI is InChI=1S/C15H23N3OS.ClH/c1-10(2)13-9-20-14(17-13)11-4-3-5-18(8-11)15(19)12-6-16-7-12;/h9-12,16H,3-8H2,1-2H3;1H. The number of hydrogen-bond acceptors (Lipinski definition) is 4. The summed E-state index contributed by atoms with van der Waals surface area (Å²) < 4.78 is 0. The van der Waals surface area contributed by atoms with E-state index in [-0.39, 0.29) is 18.3 Å². The first-order valence-electron chi connectivity index (χ1n) is 7.60. The predicted molar refractivity (Wildman–Crippen MR) is 88.4 cm³/mol. The number of carbonyl (C=O) groups is 1. The lowest BCUT2D eigenvalue weighted by molar-refractivity contribution is -0.138. The molecule has 4 nitrogen and oxygen atoms in total. The summed E-state index contributed by atoms with van der Waals surface area (Å²) in [5, 5.41) is 6.58. The van der Waals surface area contributed by atoms with Crippen molar-refractivity contribution < 1.29 is 4.79 Å². The minimum atomic E-state index is 0. The van der Waals surface area contributed by atoms with Gasteiger partial charge in [0, 0.05) is 37.5 Å². The molecule has 0 aromatic carbocycles. The van der Waals surface area contributed by atoms with Gasteiger partial charge < -0.3 is 10.2 Å². The molecular weight excluding hydrogens is 306 g/mol. The van der Waals surface area contributed by atoms with Gasteiger partial charge in [-0.2, -0.15) is 0 Å². The molecule has 2 aliphatic heterocycles. The monoisotopic (exact) mass is 329 g/mol. The van der Waals surface area contributed by atoms with Crippen LogP contribution >= 0.6 is 23.7 Å². The highest BCUT2D eigenvalue weighted by Crippen LogP contribution is 2.31. The van der Waals surface area contributed by atoms with Gasteiger partial charge in [-0.1, -0.05) is 13.8 Å². The molecule has 1 aromatic heterocycles. The van der Waals surface area contributed by atoms with Crippen molar-refractivity contribution in [1.82, 2.24) is 15.2 Å². The predicted octanol–water partition coefficient (Wildman–Crippen LogP) is 2.61. The second kappa shape index (κ2) is 7.07. The molecule has 0 saturated carbocycles. The molecule has 0 spiro atoms. The van der Waals surface area contributed by atoms with Crippen LogP contribution in [0, 0.1) is 5.92 Å². The van der Waals surface area contributed by atoms with E-state index in [9.17, 15) is 4.79 Å². The summed E-state index contributed by atoms with van der Waals surface area (Å²) in [5.74, 6) is 1.49. The molecular formula is C15H24ClN3OS. The number of thiazole rings is 1. The van der Waals surface area contributed by atoms with Crippen LogP contribution in [0.4, 0.5) is 0 Å². The molecule has 21 heavy (non-hydrogen) atoms. The molecule has 1 atom stereocenters. The molecule has 0 aliphatic carbocycles. The van der Waals surface area contributed by atoms with Crippen LogP contribution in [0.1, 0.15) is 49.2 Å². The maximum atomic E-state index is 12.3. The third-order valence-corrected chi connectivity index (χ3v) is 5.37. The quantitative estimate of drug-likeness (QED) is 0.927. The molecule has 1 amide bonds. The van der Waals surface area contributed by atoms with Crippen molar-refractivity contribution in [2.75, 3.05) is 26.2 Å². The van der Waals surface area contributed by atoms with E-state index < -0.39 is 0 Å². The van der Waals surface area contributed by atoms with Crippen molar-refractivity contribution >= 4 is 29.7 Å². The van der Waals surface area contributed by atoms with Gasteiger partial charge in [-0.15, -0.1) is 23.7 Å². The maximum Gasteiger partial charge on any atom is 0.228 e. The Balaban J connectivity index is 0.00000161. The maximum absolute atomic E-state index is 12.3. The molecule has 3 heterocycles. The Morgan fingerprint density at radius 2 is 2.24 bits per heavy atom. The zero-order chi connectivity index (χ0) is 14.1. The van der Waals surface area contributed by atoms with Crippen LogP contribution in [-0.4, -0.2) is 42.0 Å². The highest BCUT2D eigenvalue weighted by atomic mass is 35.5. The van der Waals surface area contributed by atoms with Crippen LogP contribution in [0.5, 0.6) is 0 Å². The van der Waals surface area contributed by atoms with E-state index in [2.05, 4.69) is 29.4 Å². The summed E-state index contributed by atoms with van der Waals surface area (Å²) >= 11 is 1.76. The first kappa shape index (κ1) is 16.7. The normalized spacial score (nSPS) is 22.8. The molecule has 0 radical (unpaired) electrons. The van der Waals surface area contributed by atoms with E-state index in [4.69, 9.17) is 4.98 Å². The second-order valence-electron chi connectivity index (χ2n) is 6.24. The molecule has 3 rings (SSSR count). The topological polar surface area (TPSA) is 45.2 Å². The fraction of sp³-hybridized carbons (Fsp3) is 0.733. The van der Waals surface area contributed by atoms with Crippen molar-refractivity contribution in [3.63, 3.8) is 0 Å². The molecule has 2 fully saturated rings. The molecule has 2 aliphatic rings. The van der Waals surface area contributed by atoms with Crippen molar-refractivity contribution in [3.05, 3.63) is 16.1 Å². The van der Waals surface area contributed by atoms with Crippen LogP contribution in [-0.2, 0) is 4.79 Å². The average Bonchev–Trinajstić information content (AvgIpc) is 2.86. The SMILES string of the molecule is CC(C)c1csc(C2CCCN(C(=O)C3CNC3)C2)n1.Cl. The summed E-state index contributed by atoms with van der Waals surface area (Å²) in [6, 6.07) is 0. The Morgan fingerprint density at radius 3 is 2.81 bits per heavy atom. The zero-order valence-corrected chi connectivity index (χ0v) is 14.3. The minimum Gasteiger partial charge on any atom is -0.342 e.